The molecular weight excluding hydrogens is 238 g/mol. The van der Waals surface area contributed by atoms with E-state index in [0.29, 0.717) is 13.0 Å². The van der Waals surface area contributed by atoms with Crippen molar-refractivity contribution in [2.75, 3.05) is 18.0 Å². The monoisotopic (exact) mass is 247 g/mol. The van der Waals surface area contributed by atoms with Gasteiger partial charge >= 0.3 is 6.18 Å². The minimum Gasteiger partial charge on any atom is -0.364 e. The van der Waals surface area contributed by atoms with Crippen LogP contribution in [-0.4, -0.2) is 18.9 Å². The Morgan fingerprint density at radius 3 is 2.47 bits per heavy atom. The number of hydrogen-bond acceptors (Lipinski definition) is 2. The number of rotatable bonds is 1. The zero-order valence-electron chi connectivity index (χ0n) is 8.72. The van der Waals surface area contributed by atoms with Gasteiger partial charge in [-0.25, -0.2) is 4.39 Å². The number of benzene rings is 1. The average Bonchev–Trinajstić information content (AvgIpc) is 2.64. The highest BCUT2D eigenvalue weighted by Crippen LogP contribution is 2.34. The summed E-state index contributed by atoms with van der Waals surface area (Å²) in [6.45, 7) is 0.463. The number of ketones is 1. The van der Waals surface area contributed by atoms with Crippen LogP contribution in [0, 0.1) is 5.82 Å². The highest BCUT2D eigenvalue weighted by molar-refractivity contribution is 5.87. The summed E-state index contributed by atoms with van der Waals surface area (Å²) in [6, 6.07) is 2.78. The number of carbonyl (C=O) groups excluding carboxylic acids is 1. The number of alkyl halides is 3. The fourth-order valence-corrected chi connectivity index (χ4v) is 1.78. The summed E-state index contributed by atoms with van der Waals surface area (Å²) in [6.07, 6.45) is -4.40. The first-order valence-corrected chi connectivity index (χ1v) is 5.01. The van der Waals surface area contributed by atoms with Crippen LogP contribution in [0.15, 0.2) is 18.2 Å². The van der Waals surface area contributed by atoms with Crippen molar-refractivity contribution in [3.8, 4) is 0 Å². The molecule has 0 atom stereocenters. The van der Waals surface area contributed by atoms with E-state index in [9.17, 15) is 22.4 Å². The molecule has 0 spiro atoms. The molecule has 2 nitrogen and oxygen atoms in total. The Labute approximate surface area is 94.8 Å². The number of hydrogen-bond donors (Lipinski definition) is 0. The Hall–Kier alpha value is -1.59. The lowest BCUT2D eigenvalue weighted by Gasteiger charge is -2.18. The topological polar surface area (TPSA) is 20.3 Å². The lowest BCUT2D eigenvalue weighted by molar-refractivity contribution is -0.139. The molecule has 0 bridgehead atoms. The Morgan fingerprint density at radius 2 is 1.94 bits per heavy atom. The SMILES string of the molecule is O=C1CCN(c2ccc(F)c(C(F)(F)F)c2)C1. The van der Waals surface area contributed by atoms with Gasteiger partial charge in [-0.3, -0.25) is 4.79 Å². The molecule has 0 saturated carbocycles. The van der Waals surface area contributed by atoms with Gasteiger partial charge in [0.15, 0.2) is 5.78 Å². The van der Waals surface area contributed by atoms with Gasteiger partial charge < -0.3 is 4.90 Å². The van der Waals surface area contributed by atoms with Gasteiger partial charge in [0.25, 0.3) is 0 Å². The second kappa shape index (κ2) is 4.01. The zero-order valence-corrected chi connectivity index (χ0v) is 8.72. The van der Waals surface area contributed by atoms with Gasteiger partial charge in [-0.1, -0.05) is 0 Å². The first-order valence-electron chi connectivity index (χ1n) is 5.01. The van der Waals surface area contributed by atoms with E-state index in [4.69, 9.17) is 0 Å². The molecule has 92 valence electrons. The number of nitrogens with zero attached hydrogens (tertiary/aromatic N) is 1. The summed E-state index contributed by atoms with van der Waals surface area (Å²) in [5.74, 6) is -1.32. The van der Waals surface area contributed by atoms with Crippen LogP contribution in [0.5, 0.6) is 0 Å². The minimum absolute atomic E-state index is 0.0251. The summed E-state index contributed by atoms with van der Waals surface area (Å²) in [5, 5.41) is 0. The lowest BCUT2D eigenvalue weighted by Crippen LogP contribution is -2.20. The third-order valence-electron chi connectivity index (χ3n) is 2.65. The van der Waals surface area contributed by atoms with Crippen LogP contribution in [0.1, 0.15) is 12.0 Å². The highest BCUT2D eigenvalue weighted by Gasteiger charge is 2.35. The summed E-state index contributed by atoms with van der Waals surface area (Å²) in [4.78, 5) is 12.5. The van der Waals surface area contributed by atoms with Gasteiger partial charge in [0.1, 0.15) is 5.82 Å². The van der Waals surface area contributed by atoms with Crippen LogP contribution < -0.4 is 4.90 Å². The van der Waals surface area contributed by atoms with Gasteiger partial charge in [-0.05, 0) is 18.2 Å². The molecular formula is C11H9F4NO. The molecule has 1 heterocycles. The predicted octanol–water partition coefficient (Wildman–Crippen LogP) is 2.62. The van der Waals surface area contributed by atoms with E-state index in [1.165, 1.54) is 11.0 Å². The number of halogens is 4. The van der Waals surface area contributed by atoms with E-state index < -0.39 is 17.6 Å². The van der Waals surface area contributed by atoms with Crippen molar-refractivity contribution in [3.63, 3.8) is 0 Å². The molecule has 0 amide bonds. The molecule has 0 N–H and O–H groups in total. The Bertz CT molecular complexity index is 455. The Balaban J connectivity index is 2.34. The number of carbonyl (C=O) groups is 1. The highest BCUT2D eigenvalue weighted by atomic mass is 19.4. The van der Waals surface area contributed by atoms with Crippen LogP contribution in [-0.2, 0) is 11.0 Å². The summed E-state index contributed by atoms with van der Waals surface area (Å²) >= 11 is 0. The Kier molecular flexibility index (Phi) is 2.81. The van der Waals surface area contributed by atoms with E-state index in [1.807, 2.05) is 0 Å². The maximum atomic E-state index is 13.0. The van der Waals surface area contributed by atoms with Crippen molar-refractivity contribution in [1.82, 2.24) is 0 Å². The Morgan fingerprint density at radius 1 is 1.24 bits per heavy atom. The molecule has 1 aliphatic rings. The summed E-state index contributed by atoms with van der Waals surface area (Å²) < 4.78 is 50.4. The first kappa shape index (κ1) is 11.9. The maximum Gasteiger partial charge on any atom is 0.419 e. The van der Waals surface area contributed by atoms with Crippen LogP contribution in [0.2, 0.25) is 0 Å². The average molecular weight is 247 g/mol. The number of Topliss-reactive ketones (excluding diaryl/α,β-unsaturated/α-hetero) is 1. The minimum atomic E-state index is -4.72. The predicted molar refractivity (Wildman–Crippen MR) is 53.2 cm³/mol. The van der Waals surface area contributed by atoms with Crippen LogP contribution in [0.25, 0.3) is 0 Å². The first-order chi connectivity index (χ1) is 7.88. The molecule has 0 radical (unpaired) electrons. The van der Waals surface area contributed by atoms with Crippen LogP contribution >= 0.6 is 0 Å². The standard InChI is InChI=1S/C11H9F4NO/c12-10-2-1-7(5-9(10)11(13,14)15)16-4-3-8(17)6-16/h1-2,5H,3-4,6H2. The fraction of sp³-hybridized carbons (Fsp3) is 0.364. The molecule has 0 unspecified atom stereocenters. The maximum absolute atomic E-state index is 13.0. The van der Waals surface area contributed by atoms with E-state index in [-0.39, 0.29) is 18.0 Å². The summed E-state index contributed by atoms with van der Waals surface area (Å²) in [5.41, 5.74) is -1.07. The van der Waals surface area contributed by atoms with E-state index in [1.54, 1.807) is 0 Å². The second-order valence-electron chi connectivity index (χ2n) is 3.87. The van der Waals surface area contributed by atoms with E-state index in [0.717, 1.165) is 12.1 Å². The van der Waals surface area contributed by atoms with Crippen molar-refractivity contribution in [2.45, 2.75) is 12.6 Å². The molecule has 0 aliphatic carbocycles. The zero-order chi connectivity index (χ0) is 12.6. The van der Waals surface area contributed by atoms with Crippen molar-refractivity contribution in [3.05, 3.63) is 29.6 Å². The summed E-state index contributed by atoms with van der Waals surface area (Å²) in [7, 11) is 0. The van der Waals surface area contributed by atoms with Gasteiger partial charge in [0, 0.05) is 18.7 Å². The van der Waals surface area contributed by atoms with E-state index in [2.05, 4.69) is 0 Å². The van der Waals surface area contributed by atoms with Crippen molar-refractivity contribution >= 4 is 11.5 Å². The van der Waals surface area contributed by atoms with Crippen molar-refractivity contribution in [1.29, 1.82) is 0 Å². The lowest BCUT2D eigenvalue weighted by atomic mass is 10.1. The molecule has 1 fully saturated rings. The molecule has 1 aliphatic heterocycles. The second-order valence-corrected chi connectivity index (χ2v) is 3.87. The third-order valence-corrected chi connectivity index (χ3v) is 2.65. The van der Waals surface area contributed by atoms with E-state index >= 15 is 0 Å². The van der Waals surface area contributed by atoms with Crippen LogP contribution in [0.4, 0.5) is 23.2 Å². The number of anilines is 1. The van der Waals surface area contributed by atoms with Gasteiger partial charge in [-0.2, -0.15) is 13.2 Å². The quantitative estimate of drug-likeness (QED) is 0.711. The molecule has 1 aromatic carbocycles. The third kappa shape index (κ3) is 2.40. The van der Waals surface area contributed by atoms with Crippen LogP contribution in [0.3, 0.4) is 0 Å². The van der Waals surface area contributed by atoms with Gasteiger partial charge in [0.05, 0.1) is 12.1 Å². The molecule has 2 rings (SSSR count). The molecule has 0 aromatic heterocycles. The van der Waals surface area contributed by atoms with Crippen molar-refractivity contribution in [2.24, 2.45) is 0 Å². The normalized spacial score (nSPS) is 16.7. The smallest absolute Gasteiger partial charge is 0.364 e. The molecule has 1 saturated heterocycles. The molecule has 17 heavy (non-hydrogen) atoms. The van der Waals surface area contributed by atoms with Gasteiger partial charge in [-0.15, -0.1) is 0 Å². The molecule has 6 heteroatoms. The fourth-order valence-electron chi connectivity index (χ4n) is 1.78. The van der Waals surface area contributed by atoms with Gasteiger partial charge in [0.2, 0.25) is 0 Å². The molecule has 1 aromatic rings. The largest absolute Gasteiger partial charge is 0.419 e. The van der Waals surface area contributed by atoms with Crippen molar-refractivity contribution < 1.29 is 22.4 Å².